The zero-order chi connectivity index (χ0) is 24.5. The first-order valence-electron chi connectivity index (χ1n) is 11.0. The van der Waals surface area contributed by atoms with Crippen molar-refractivity contribution in [3.8, 4) is 5.75 Å². The molecular formula is C28H21ClN2O4. The van der Waals surface area contributed by atoms with Crippen LogP contribution in [0.4, 0.5) is 0 Å². The minimum Gasteiger partial charge on any atom is -0.507 e. The van der Waals surface area contributed by atoms with E-state index >= 15 is 0 Å². The number of benzene rings is 3. The second-order valence-corrected chi connectivity index (χ2v) is 8.70. The second-order valence-electron chi connectivity index (χ2n) is 8.27. The van der Waals surface area contributed by atoms with Crippen LogP contribution in [-0.2, 0) is 16.1 Å². The lowest BCUT2D eigenvalue weighted by atomic mass is 9.94. The third-order valence-corrected chi connectivity index (χ3v) is 6.37. The van der Waals surface area contributed by atoms with E-state index in [1.54, 1.807) is 62.0 Å². The number of carbonyl (C=O) groups excluding carboxylic acids is 2. The highest BCUT2D eigenvalue weighted by molar-refractivity contribution is 6.46. The molecule has 174 valence electrons. The molecule has 0 saturated carbocycles. The number of rotatable bonds is 5. The van der Waals surface area contributed by atoms with Crippen LogP contribution in [0, 0.1) is 0 Å². The predicted octanol–water partition coefficient (Wildman–Crippen LogP) is 5.52. The summed E-state index contributed by atoms with van der Waals surface area (Å²) in [4.78, 5) is 32.0. The molecule has 1 aliphatic rings. The number of pyridine rings is 1. The van der Waals surface area contributed by atoms with E-state index in [-0.39, 0.29) is 17.9 Å². The number of carbonyl (C=O) groups is 2. The molecule has 1 N–H and O–H groups in total. The zero-order valence-corrected chi connectivity index (χ0v) is 19.6. The largest absolute Gasteiger partial charge is 0.507 e. The van der Waals surface area contributed by atoms with Gasteiger partial charge in [-0.3, -0.25) is 14.6 Å². The molecule has 5 rings (SSSR count). The molecule has 1 aliphatic heterocycles. The van der Waals surface area contributed by atoms with Crippen molar-refractivity contribution >= 4 is 39.8 Å². The number of halogens is 1. The maximum atomic E-state index is 13.3. The molecule has 1 atom stereocenters. The number of aliphatic hydroxyl groups excluding tert-OH is 1. The Labute approximate surface area is 207 Å². The molecule has 1 fully saturated rings. The van der Waals surface area contributed by atoms with Crippen LogP contribution >= 0.6 is 11.6 Å². The maximum Gasteiger partial charge on any atom is 0.295 e. The highest BCUT2D eigenvalue weighted by Gasteiger charge is 2.46. The molecule has 0 aliphatic carbocycles. The van der Waals surface area contributed by atoms with Crippen LogP contribution in [0.15, 0.2) is 90.8 Å². The second kappa shape index (κ2) is 9.24. The Bertz CT molecular complexity index is 1470. The van der Waals surface area contributed by atoms with Crippen LogP contribution in [0.5, 0.6) is 5.75 Å². The van der Waals surface area contributed by atoms with Crippen LogP contribution in [0.25, 0.3) is 16.5 Å². The van der Waals surface area contributed by atoms with Crippen molar-refractivity contribution in [2.45, 2.75) is 12.6 Å². The topological polar surface area (TPSA) is 79.7 Å². The van der Waals surface area contributed by atoms with Gasteiger partial charge in [0.1, 0.15) is 11.5 Å². The van der Waals surface area contributed by atoms with Crippen LogP contribution in [0.2, 0.25) is 5.02 Å². The third kappa shape index (κ3) is 4.24. The molecule has 7 heteroatoms. The fraction of sp³-hybridized carbons (Fsp3) is 0.107. The Morgan fingerprint density at radius 3 is 2.49 bits per heavy atom. The van der Waals surface area contributed by atoms with Gasteiger partial charge in [-0.15, -0.1) is 0 Å². The standard InChI is InChI=1S/C28H21ClN2O4/c1-35-23-11-8-19-13-21(5-4-20(19)14-23)26(32)24-25(18-6-9-22(29)10-7-18)31(28(34)27(24)33)16-17-3-2-12-30-15-17/h2-15,25,32H,16H2,1H3/b26-24+. The number of Topliss-reactive ketones (excluding diaryl/α,β-unsaturated/α-hetero) is 1. The number of hydrogen-bond donors (Lipinski definition) is 1. The predicted molar refractivity (Wildman–Crippen MR) is 134 cm³/mol. The summed E-state index contributed by atoms with van der Waals surface area (Å²) in [5.41, 5.74) is 1.92. The molecule has 3 aromatic carbocycles. The SMILES string of the molecule is COc1ccc2cc(/C(O)=C3\C(=O)C(=O)N(Cc4cccnc4)C3c3ccc(Cl)cc3)ccc2c1. The number of amides is 1. The van der Waals surface area contributed by atoms with Gasteiger partial charge in [0.15, 0.2) is 0 Å². The first kappa shape index (κ1) is 22.6. The van der Waals surface area contributed by atoms with Gasteiger partial charge in [0, 0.05) is 29.5 Å². The first-order valence-corrected chi connectivity index (χ1v) is 11.3. The highest BCUT2D eigenvalue weighted by atomic mass is 35.5. The van der Waals surface area contributed by atoms with Crippen molar-refractivity contribution in [3.05, 3.63) is 112 Å². The number of fused-ring (bicyclic) bond motifs is 1. The van der Waals surface area contributed by atoms with Crippen LogP contribution in [0.3, 0.4) is 0 Å². The number of aliphatic hydroxyl groups is 1. The van der Waals surface area contributed by atoms with Gasteiger partial charge < -0.3 is 14.7 Å². The highest BCUT2D eigenvalue weighted by Crippen LogP contribution is 2.41. The Morgan fingerprint density at radius 2 is 1.77 bits per heavy atom. The number of likely N-dealkylation sites (tertiary alicyclic amines) is 1. The van der Waals surface area contributed by atoms with E-state index in [9.17, 15) is 14.7 Å². The summed E-state index contributed by atoms with van der Waals surface area (Å²) in [5, 5.41) is 13.7. The first-order chi connectivity index (χ1) is 17.0. The summed E-state index contributed by atoms with van der Waals surface area (Å²) in [6.07, 6.45) is 3.29. The van der Waals surface area contributed by atoms with Crippen LogP contribution in [-0.4, -0.2) is 33.8 Å². The van der Waals surface area contributed by atoms with Gasteiger partial charge >= 0.3 is 0 Å². The lowest BCUT2D eigenvalue weighted by Crippen LogP contribution is -2.29. The average Bonchev–Trinajstić information content (AvgIpc) is 3.13. The fourth-order valence-corrected chi connectivity index (χ4v) is 4.50. The molecule has 1 unspecified atom stereocenters. The van der Waals surface area contributed by atoms with Crippen LogP contribution in [0.1, 0.15) is 22.7 Å². The molecule has 1 aromatic heterocycles. The van der Waals surface area contributed by atoms with Gasteiger partial charge in [0.05, 0.1) is 18.7 Å². The molecule has 1 amide bonds. The van der Waals surface area contributed by atoms with Crippen molar-refractivity contribution in [1.29, 1.82) is 0 Å². The third-order valence-electron chi connectivity index (χ3n) is 6.12. The van der Waals surface area contributed by atoms with E-state index in [0.717, 1.165) is 22.1 Å². The quantitative estimate of drug-likeness (QED) is 0.229. The normalized spacial score (nSPS) is 17.2. The smallest absolute Gasteiger partial charge is 0.295 e. The Hall–Kier alpha value is -4.16. The summed E-state index contributed by atoms with van der Waals surface area (Å²) >= 11 is 6.09. The summed E-state index contributed by atoms with van der Waals surface area (Å²) in [6.45, 7) is 0.167. The zero-order valence-electron chi connectivity index (χ0n) is 18.8. The maximum absolute atomic E-state index is 13.3. The van der Waals surface area contributed by atoms with E-state index in [2.05, 4.69) is 4.98 Å². The monoisotopic (exact) mass is 484 g/mol. The van der Waals surface area contributed by atoms with Gasteiger partial charge in [0.2, 0.25) is 0 Å². The Balaban J connectivity index is 1.64. The number of ketones is 1. The molecule has 6 nitrogen and oxygen atoms in total. The molecule has 35 heavy (non-hydrogen) atoms. The molecule has 2 heterocycles. The molecule has 0 spiro atoms. The minimum absolute atomic E-state index is 0.0362. The molecule has 1 saturated heterocycles. The van der Waals surface area contributed by atoms with E-state index in [0.29, 0.717) is 16.1 Å². The van der Waals surface area contributed by atoms with Crippen molar-refractivity contribution in [1.82, 2.24) is 9.88 Å². The Morgan fingerprint density at radius 1 is 1.03 bits per heavy atom. The van der Waals surface area contributed by atoms with E-state index < -0.39 is 17.7 Å². The minimum atomic E-state index is -0.779. The van der Waals surface area contributed by atoms with Crippen molar-refractivity contribution in [2.75, 3.05) is 7.11 Å². The van der Waals surface area contributed by atoms with Gasteiger partial charge in [-0.05, 0) is 58.3 Å². The summed E-state index contributed by atoms with van der Waals surface area (Å²) in [5.74, 6) is -0.921. The van der Waals surface area contributed by atoms with Gasteiger partial charge in [0.25, 0.3) is 11.7 Å². The number of aromatic nitrogens is 1. The summed E-state index contributed by atoms with van der Waals surface area (Å²) < 4.78 is 5.28. The number of methoxy groups -OCH3 is 1. The number of nitrogens with zero attached hydrogens (tertiary/aromatic N) is 2. The van der Waals surface area contributed by atoms with E-state index in [1.807, 2.05) is 30.3 Å². The fourth-order valence-electron chi connectivity index (χ4n) is 4.38. The lowest BCUT2D eigenvalue weighted by molar-refractivity contribution is -0.140. The lowest BCUT2D eigenvalue weighted by Gasteiger charge is -2.25. The van der Waals surface area contributed by atoms with Gasteiger partial charge in [-0.25, -0.2) is 0 Å². The number of ether oxygens (including phenoxy) is 1. The summed E-state index contributed by atoms with van der Waals surface area (Å²) in [7, 11) is 1.60. The van der Waals surface area contributed by atoms with E-state index in [4.69, 9.17) is 16.3 Å². The molecule has 0 bridgehead atoms. The van der Waals surface area contributed by atoms with Crippen molar-refractivity contribution in [2.24, 2.45) is 0 Å². The van der Waals surface area contributed by atoms with Crippen LogP contribution < -0.4 is 4.74 Å². The summed E-state index contributed by atoms with van der Waals surface area (Å²) in [6, 6.07) is 20.7. The van der Waals surface area contributed by atoms with Crippen molar-refractivity contribution in [3.63, 3.8) is 0 Å². The van der Waals surface area contributed by atoms with Gasteiger partial charge in [-0.1, -0.05) is 48.0 Å². The molecule has 0 radical (unpaired) electrons. The van der Waals surface area contributed by atoms with Crippen molar-refractivity contribution < 1.29 is 19.4 Å². The molecule has 4 aromatic rings. The number of hydrogen-bond acceptors (Lipinski definition) is 5. The Kier molecular flexibility index (Phi) is 5.97. The molecular weight excluding hydrogens is 464 g/mol. The average molecular weight is 485 g/mol. The van der Waals surface area contributed by atoms with E-state index in [1.165, 1.54) is 4.90 Å². The van der Waals surface area contributed by atoms with Gasteiger partial charge in [-0.2, -0.15) is 0 Å².